The van der Waals surface area contributed by atoms with E-state index in [9.17, 15) is 9.90 Å². The van der Waals surface area contributed by atoms with Crippen LogP contribution in [-0.4, -0.2) is 15.8 Å². The molecule has 1 N–H and O–H groups in total. The minimum Gasteiger partial charge on any atom is -0.408 e. The normalized spacial score (nSPS) is 15.0. The van der Waals surface area contributed by atoms with Crippen LogP contribution in [0, 0.1) is 5.92 Å². The molecule has 0 amide bonds. The van der Waals surface area contributed by atoms with E-state index in [4.69, 9.17) is 4.42 Å². The van der Waals surface area contributed by atoms with Gasteiger partial charge in [-0.2, -0.15) is 0 Å². The summed E-state index contributed by atoms with van der Waals surface area (Å²) in [7, 11) is 0. The molecule has 0 radical (unpaired) electrons. The first-order chi connectivity index (χ1) is 8.13. The van der Waals surface area contributed by atoms with E-state index in [0.717, 1.165) is 11.9 Å². The zero-order valence-electron chi connectivity index (χ0n) is 10.1. The Bertz CT molecular complexity index is 555. The van der Waals surface area contributed by atoms with Crippen LogP contribution >= 0.6 is 0 Å². The number of rotatable bonds is 4. The Morgan fingerprint density at radius 3 is 2.82 bits per heavy atom. The molecule has 0 bridgehead atoms. The summed E-state index contributed by atoms with van der Waals surface area (Å²) in [6.07, 6.45) is 0.352. The average molecular weight is 235 g/mol. The lowest BCUT2D eigenvalue weighted by molar-refractivity contribution is 0.0956. The predicted octanol–water partition coefficient (Wildman–Crippen LogP) is 2.00. The maximum absolute atomic E-state index is 11.7. The molecule has 0 spiro atoms. The molecular weight excluding hydrogens is 218 g/mol. The number of fused-ring (bicyclic) bond motifs is 1. The number of aliphatic hydroxyl groups excluding tert-OH is 1. The average Bonchev–Trinajstić information content (AvgIpc) is 2.65. The summed E-state index contributed by atoms with van der Waals surface area (Å²) in [5.41, 5.74) is 1.30. The molecule has 0 aliphatic heterocycles. The third-order valence-corrected chi connectivity index (χ3v) is 3.24. The zero-order chi connectivity index (χ0) is 12.4. The van der Waals surface area contributed by atoms with Crippen LogP contribution in [0.1, 0.15) is 20.3 Å². The van der Waals surface area contributed by atoms with Gasteiger partial charge in [0.1, 0.15) is 0 Å². The second kappa shape index (κ2) is 4.75. The van der Waals surface area contributed by atoms with Crippen LogP contribution in [0.3, 0.4) is 0 Å². The topological polar surface area (TPSA) is 55.4 Å². The van der Waals surface area contributed by atoms with Crippen LogP contribution in [0.4, 0.5) is 0 Å². The molecule has 2 atom stereocenters. The van der Waals surface area contributed by atoms with E-state index in [-0.39, 0.29) is 12.5 Å². The smallest absolute Gasteiger partial charge is 0.408 e. The van der Waals surface area contributed by atoms with Crippen LogP contribution < -0.4 is 5.76 Å². The van der Waals surface area contributed by atoms with Gasteiger partial charge in [0.2, 0.25) is 0 Å². The Morgan fingerprint density at radius 2 is 2.12 bits per heavy atom. The van der Waals surface area contributed by atoms with Crippen molar-refractivity contribution in [2.75, 3.05) is 0 Å². The van der Waals surface area contributed by atoms with Gasteiger partial charge in [0.05, 0.1) is 18.2 Å². The number of nitrogens with zero attached hydrogens (tertiary/aromatic N) is 1. The van der Waals surface area contributed by atoms with Gasteiger partial charge in [-0.1, -0.05) is 32.4 Å². The number of benzene rings is 1. The van der Waals surface area contributed by atoms with Gasteiger partial charge in [-0.3, -0.25) is 4.57 Å². The number of aromatic nitrogens is 1. The van der Waals surface area contributed by atoms with Crippen molar-refractivity contribution in [1.82, 2.24) is 4.57 Å². The van der Waals surface area contributed by atoms with E-state index in [2.05, 4.69) is 0 Å². The molecular formula is C13H17NO3. The molecule has 0 saturated heterocycles. The lowest BCUT2D eigenvalue weighted by Crippen LogP contribution is -2.28. The van der Waals surface area contributed by atoms with Crippen LogP contribution in [0.25, 0.3) is 11.1 Å². The number of para-hydroxylation sites is 2. The van der Waals surface area contributed by atoms with Crippen molar-refractivity contribution in [3.8, 4) is 0 Å². The highest BCUT2D eigenvalue weighted by Crippen LogP contribution is 2.15. The first-order valence-electron chi connectivity index (χ1n) is 5.90. The van der Waals surface area contributed by atoms with Crippen LogP contribution in [0.2, 0.25) is 0 Å². The Labute approximate surface area is 99.5 Å². The van der Waals surface area contributed by atoms with Crippen molar-refractivity contribution in [3.63, 3.8) is 0 Å². The Kier molecular flexibility index (Phi) is 3.33. The molecule has 2 unspecified atom stereocenters. The minimum atomic E-state index is -0.529. The number of oxazole rings is 1. The van der Waals surface area contributed by atoms with E-state index < -0.39 is 11.9 Å². The fraction of sp³-hybridized carbons (Fsp3) is 0.462. The van der Waals surface area contributed by atoms with Gasteiger partial charge in [-0.25, -0.2) is 4.79 Å². The molecule has 17 heavy (non-hydrogen) atoms. The summed E-state index contributed by atoms with van der Waals surface area (Å²) < 4.78 is 6.60. The standard InChI is InChI=1S/C13H17NO3/c1-3-9(2)11(15)8-14-10-6-4-5-7-12(10)17-13(14)16/h4-7,9,11,15H,3,8H2,1-2H3. The fourth-order valence-corrected chi connectivity index (χ4v) is 1.83. The molecule has 1 aromatic heterocycles. The third-order valence-electron chi connectivity index (χ3n) is 3.24. The second-order valence-corrected chi connectivity index (χ2v) is 4.40. The quantitative estimate of drug-likeness (QED) is 0.881. The predicted molar refractivity (Wildman–Crippen MR) is 65.9 cm³/mol. The van der Waals surface area contributed by atoms with Gasteiger partial charge in [0, 0.05) is 0 Å². The molecule has 4 nitrogen and oxygen atoms in total. The highest BCUT2D eigenvalue weighted by atomic mass is 16.4. The maximum atomic E-state index is 11.7. The van der Waals surface area contributed by atoms with Gasteiger partial charge >= 0.3 is 5.76 Å². The van der Waals surface area contributed by atoms with Crippen molar-refractivity contribution in [2.24, 2.45) is 5.92 Å². The summed E-state index contributed by atoms with van der Waals surface area (Å²) in [6.45, 7) is 4.27. The first kappa shape index (κ1) is 11.9. The summed E-state index contributed by atoms with van der Waals surface area (Å²) in [6, 6.07) is 7.25. The van der Waals surface area contributed by atoms with Gasteiger partial charge in [0.15, 0.2) is 5.58 Å². The molecule has 2 aromatic rings. The summed E-state index contributed by atoms with van der Waals surface area (Å²) >= 11 is 0. The molecule has 2 rings (SSSR count). The van der Waals surface area contributed by atoms with Crippen LogP contribution in [0.5, 0.6) is 0 Å². The molecule has 0 aliphatic rings. The number of hydrogen-bond acceptors (Lipinski definition) is 3. The largest absolute Gasteiger partial charge is 0.420 e. The van der Waals surface area contributed by atoms with Crippen molar-refractivity contribution in [1.29, 1.82) is 0 Å². The second-order valence-electron chi connectivity index (χ2n) is 4.40. The van der Waals surface area contributed by atoms with E-state index in [1.807, 2.05) is 32.0 Å². The Hall–Kier alpha value is -1.55. The molecule has 1 aromatic carbocycles. The van der Waals surface area contributed by atoms with E-state index in [0.29, 0.717) is 5.58 Å². The SMILES string of the molecule is CCC(C)C(O)Cn1c(=O)oc2ccccc21. The number of hydrogen-bond donors (Lipinski definition) is 1. The molecule has 92 valence electrons. The molecule has 4 heteroatoms. The highest BCUT2D eigenvalue weighted by Gasteiger charge is 2.16. The Morgan fingerprint density at radius 1 is 1.41 bits per heavy atom. The Balaban J connectivity index is 2.35. The van der Waals surface area contributed by atoms with Crippen LogP contribution in [-0.2, 0) is 6.54 Å². The van der Waals surface area contributed by atoms with Crippen LogP contribution in [0.15, 0.2) is 33.5 Å². The van der Waals surface area contributed by atoms with Crippen molar-refractivity contribution >= 4 is 11.1 Å². The lowest BCUT2D eigenvalue weighted by atomic mass is 10.0. The van der Waals surface area contributed by atoms with Crippen molar-refractivity contribution in [3.05, 3.63) is 34.8 Å². The van der Waals surface area contributed by atoms with Crippen molar-refractivity contribution < 1.29 is 9.52 Å². The summed E-state index contributed by atoms with van der Waals surface area (Å²) in [5, 5.41) is 9.97. The zero-order valence-corrected chi connectivity index (χ0v) is 10.1. The molecule has 1 heterocycles. The monoisotopic (exact) mass is 235 g/mol. The highest BCUT2D eigenvalue weighted by molar-refractivity contribution is 5.72. The van der Waals surface area contributed by atoms with Gasteiger partial charge in [-0.15, -0.1) is 0 Å². The third kappa shape index (κ3) is 2.26. The van der Waals surface area contributed by atoms with E-state index in [1.54, 1.807) is 6.07 Å². The van der Waals surface area contributed by atoms with E-state index >= 15 is 0 Å². The van der Waals surface area contributed by atoms with Crippen molar-refractivity contribution in [2.45, 2.75) is 32.9 Å². The molecule has 0 saturated carbocycles. The van der Waals surface area contributed by atoms with E-state index in [1.165, 1.54) is 4.57 Å². The van der Waals surface area contributed by atoms with Gasteiger partial charge < -0.3 is 9.52 Å². The summed E-state index contributed by atoms with van der Waals surface area (Å²) in [4.78, 5) is 11.7. The minimum absolute atomic E-state index is 0.163. The fourth-order valence-electron chi connectivity index (χ4n) is 1.83. The first-order valence-corrected chi connectivity index (χ1v) is 5.90. The molecule has 0 aliphatic carbocycles. The lowest BCUT2D eigenvalue weighted by Gasteiger charge is -2.16. The number of aliphatic hydroxyl groups is 1. The maximum Gasteiger partial charge on any atom is 0.420 e. The van der Waals surface area contributed by atoms with Gasteiger partial charge in [-0.05, 0) is 18.1 Å². The van der Waals surface area contributed by atoms with Gasteiger partial charge in [0.25, 0.3) is 0 Å². The molecule has 0 fully saturated rings. The summed E-state index contributed by atoms with van der Waals surface area (Å²) in [5.74, 6) is -0.246.